The van der Waals surface area contributed by atoms with Crippen LogP contribution in [0.25, 0.3) is 0 Å². The van der Waals surface area contributed by atoms with E-state index in [2.05, 4.69) is 31.0 Å². The van der Waals surface area contributed by atoms with Crippen LogP contribution in [-0.4, -0.2) is 25.0 Å². The Kier molecular flexibility index (Phi) is 8.11. The number of hydrogen-bond acceptors (Lipinski definition) is 2. The van der Waals surface area contributed by atoms with Gasteiger partial charge in [0.2, 0.25) is 0 Å². The van der Waals surface area contributed by atoms with E-state index in [4.69, 9.17) is 17.3 Å². The summed E-state index contributed by atoms with van der Waals surface area (Å²) in [5, 5.41) is 0.805. The van der Waals surface area contributed by atoms with Gasteiger partial charge in [-0.25, -0.2) is 0 Å². The molecule has 0 aliphatic rings. The lowest BCUT2D eigenvalue weighted by Crippen LogP contribution is -2.20. The van der Waals surface area contributed by atoms with Gasteiger partial charge in [0.25, 0.3) is 0 Å². The van der Waals surface area contributed by atoms with Gasteiger partial charge in [-0.3, -0.25) is 0 Å². The summed E-state index contributed by atoms with van der Waals surface area (Å²) >= 11 is 5.89. The van der Waals surface area contributed by atoms with Crippen LogP contribution in [0.4, 0.5) is 0 Å². The molecular formula is C16H27ClN2. The Balaban J connectivity index is 2.23. The second kappa shape index (κ2) is 9.35. The number of benzene rings is 1. The molecule has 1 atom stereocenters. The first-order chi connectivity index (χ1) is 9.15. The Morgan fingerprint density at radius 1 is 1.21 bits per heavy atom. The van der Waals surface area contributed by atoms with Crippen LogP contribution >= 0.6 is 11.6 Å². The Morgan fingerprint density at radius 2 is 1.89 bits per heavy atom. The fraction of sp³-hybridized carbons (Fsp3) is 0.625. The molecule has 108 valence electrons. The minimum absolute atomic E-state index is 0.800. The summed E-state index contributed by atoms with van der Waals surface area (Å²) < 4.78 is 0. The van der Waals surface area contributed by atoms with E-state index in [-0.39, 0.29) is 0 Å². The van der Waals surface area contributed by atoms with Crippen LogP contribution in [0.15, 0.2) is 24.3 Å². The van der Waals surface area contributed by atoms with Crippen LogP contribution in [-0.2, 0) is 6.54 Å². The molecule has 1 rings (SSSR count). The van der Waals surface area contributed by atoms with Gasteiger partial charge in [0.1, 0.15) is 0 Å². The van der Waals surface area contributed by atoms with Crippen molar-refractivity contribution in [3.8, 4) is 0 Å². The first-order valence-electron chi connectivity index (χ1n) is 7.28. The molecule has 1 unspecified atom stereocenters. The van der Waals surface area contributed by atoms with Crippen molar-refractivity contribution in [3.05, 3.63) is 34.9 Å². The van der Waals surface area contributed by atoms with E-state index in [9.17, 15) is 0 Å². The zero-order valence-corrected chi connectivity index (χ0v) is 13.0. The lowest BCUT2D eigenvalue weighted by atomic mass is 9.96. The zero-order chi connectivity index (χ0) is 14.1. The highest BCUT2D eigenvalue weighted by molar-refractivity contribution is 6.30. The molecule has 0 amide bonds. The highest BCUT2D eigenvalue weighted by Gasteiger charge is 2.06. The van der Waals surface area contributed by atoms with Crippen molar-refractivity contribution in [2.24, 2.45) is 11.7 Å². The maximum atomic E-state index is 5.89. The molecule has 0 saturated heterocycles. The van der Waals surface area contributed by atoms with Crippen molar-refractivity contribution in [3.63, 3.8) is 0 Å². The molecule has 0 aromatic heterocycles. The van der Waals surface area contributed by atoms with Crippen molar-refractivity contribution >= 4 is 11.6 Å². The highest BCUT2D eigenvalue weighted by atomic mass is 35.5. The normalized spacial score (nSPS) is 12.9. The lowest BCUT2D eigenvalue weighted by molar-refractivity contribution is 0.300. The zero-order valence-electron chi connectivity index (χ0n) is 12.2. The fourth-order valence-corrected chi connectivity index (χ4v) is 2.54. The van der Waals surface area contributed by atoms with Gasteiger partial charge in [-0.15, -0.1) is 0 Å². The summed E-state index contributed by atoms with van der Waals surface area (Å²) in [7, 11) is 2.18. The minimum Gasteiger partial charge on any atom is -0.330 e. The SMILES string of the molecule is CCC(CCN)CCCN(C)Cc1ccc(Cl)cc1. The molecule has 1 aromatic carbocycles. The smallest absolute Gasteiger partial charge is 0.0406 e. The van der Waals surface area contributed by atoms with E-state index in [0.29, 0.717) is 0 Å². The molecule has 0 spiro atoms. The third kappa shape index (κ3) is 6.95. The van der Waals surface area contributed by atoms with Crippen LogP contribution < -0.4 is 5.73 Å². The predicted molar refractivity (Wildman–Crippen MR) is 84.5 cm³/mol. The van der Waals surface area contributed by atoms with Gasteiger partial charge in [0, 0.05) is 11.6 Å². The van der Waals surface area contributed by atoms with Crippen molar-refractivity contribution in [2.45, 2.75) is 39.2 Å². The van der Waals surface area contributed by atoms with Crippen LogP contribution in [0.3, 0.4) is 0 Å². The quantitative estimate of drug-likeness (QED) is 0.744. The number of halogens is 1. The first kappa shape index (κ1) is 16.5. The average molecular weight is 283 g/mol. The Bertz CT molecular complexity index is 337. The molecule has 0 heterocycles. The largest absolute Gasteiger partial charge is 0.330 e. The minimum atomic E-state index is 0.800. The molecule has 19 heavy (non-hydrogen) atoms. The first-order valence-corrected chi connectivity index (χ1v) is 7.66. The molecule has 0 aliphatic heterocycles. The molecule has 2 nitrogen and oxygen atoms in total. The van der Waals surface area contributed by atoms with Gasteiger partial charge in [-0.1, -0.05) is 37.1 Å². The maximum absolute atomic E-state index is 5.89. The summed E-state index contributed by atoms with van der Waals surface area (Å²) in [6, 6.07) is 8.11. The molecular weight excluding hydrogens is 256 g/mol. The van der Waals surface area contributed by atoms with Gasteiger partial charge in [0.05, 0.1) is 0 Å². The average Bonchev–Trinajstić information content (AvgIpc) is 2.40. The molecule has 2 N–H and O–H groups in total. The Labute approximate surface area is 122 Å². The Morgan fingerprint density at radius 3 is 2.47 bits per heavy atom. The lowest BCUT2D eigenvalue weighted by Gasteiger charge is -2.19. The summed E-state index contributed by atoms with van der Waals surface area (Å²) in [6.45, 7) is 5.21. The van der Waals surface area contributed by atoms with Gasteiger partial charge < -0.3 is 10.6 Å². The second-order valence-corrected chi connectivity index (χ2v) is 5.79. The van der Waals surface area contributed by atoms with Gasteiger partial charge in [0.15, 0.2) is 0 Å². The molecule has 0 bridgehead atoms. The summed E-state index contributed by atoms with van der Waals surface area (Å²) in [5.74, 6) is 0.800. The van der Waals surface area contributed by atoms with Crippen molar-refractivity contribution in [1.82, 2.24) is 4.90 Å². The molecule has 0 fully saturated rings. The topological polar surface area (TPSA) is 29.3 Å². The second-order valence-electron chi connectivity index (χ2n) is 5.36. The molecule has 3 heteroatoms. The summed E-state index contributed by atoms with van der Waals surface area (Å²) in [4.78, 5) is 2.37. The van der Waals surface area contributed by atoms with Crippen LogP contribution in [0.5, 0.6) is 0 Å². The van der Waals surface area contributed by atoms with Crippen molar-refractivity contribution in [1.29, 1.82) is 0 Å². The molecule has 0 aliphatic carbocycles. The number of hydrogen-bond donors (Lipinski definition) is 1. The maximum Gasteiger partial charge on any atom is 0.0406 e. The van der Waals surface area contributed by atoms with E-state index in [1.165, 1.54) is 24.8 Å². The van der Waals surface area contributed by atoms with E-state index in [0.717, 1.165) is 37.0 Å². The molecule has 1 aromatic rings. The third-order valence-electron chi connectivity index (χ3n) is 3.67. The van der Waals surface area contributed by atoms with Crippen LogP contribution in [0, 0.1) is 5.92 Å². The van der Waals surface area contributed by atoms with E-state index < -0.39 is 0 Å². The highest BCUT2D eigenvalue weighted by Crippen LogP contribution is 2.15. The van der Waals surface area contributed by atoms with E-state index >= 15 is 0 Å². The van der Waals surface area contributed by atoms with E-state index in [1.807, 2.05) is 12.1 Å². The standard InChI is InChI=1S/C16H27ClN2/c1-3-14(10-11-18)5-4-12-19(2)13-15-6-8-16(17)9-7-15/h6-9,14H,3-5,10-13,18H2,1-2H3. The summed E-state index contributed by atoms with van der Waals surface area (Å²) in [6.07, 6.45) is 4.96. The van der Waals surface area contributed by atoms with Crippen molar-refractivity contribution < 1.29 is 0 Å². The Hall–Kier alpha value is -0.570. The number of nitrogens with zero attached hydrogens (tertiary/aromatic N) is 1. The van der Waals surface area contributed by atoms with Crippen LogP contribution in [0.1, 0.15) is 38.2 Å². The third-order valence-corrected chi connectivity index (χ3v) is 3.92. The fourth-order valence-electron chi connectivity index (χ4n) is 2.42. The van der Waals surface area contributed by atoms with Gasteiger partial charge in [-0.2, -0.15) is 0 Å². The molecule has 0 saturated carbocycles. The van der Waals surface area contributed by atoms with Crippen LogP contribution in [0.2, 0.25) is 5.02 Å². The van der Waals surface area contributed by atoms with Gasteiger partial charge >= 0.3 is 0 Å². The summed E-state index contributed by atoms with van der Waals surface area (Å²) in [5.41, 5.74) is 6.95. The number of rotatable bonds is 9. The van der Waals surface area contributed by atoms with E-state index in [1.54, 1.807) is 0 Å². The van der Waals surface area contributed by atoms with Crippen molar-refractivity contribution in [2.75, 3.05) is 20.1 Å². The molecule has 0 radical (unpaired) electrons. The predicted octanol–water partition coefficient (Wildman–Crippen LogP) is 3.93. The monoisotopic (exact) mass is 282 g/mol. The van der Waals surface area contributed by atoms with Gasteiger partial charge in [-0.05, 0) is 63.0 Å². The number of nitrogens with two attached hydrogens (primary N) is 1.